The second-order valence-electron chi connectivity index (χ2n) is 4.87. The lowest BCUT2D eigenvalue weighted by Gasteiger charge is -2.00. The number of allylic oxidation sites excluding steroid dienone is 2. The number of carbonyl (C=O) groups excluding carboxylic acids is 2. The van der Waals surface area contributed by atoms with Crippen molar-refractivity contribution >= 4 is 11.6 Å². The van der Waals surface area contributed by atoms with Crippen LogP contribution in [0.4, 0.5) is 0 Å². The van der Waals surface area contributed by atoms with Gasteiger partial charge in [0.05, 0.1) is 0 Å². The van der Waals surface area contributed by atoms with E-state index in [0.29, 0.717) is 12.8 Å². The maximum Gasteiger partial charge on any atom is 0.198 e. The van der Waals surface area contributed by atoms with Gasteiger partial charge in [-0.2, -0.15) is 0 Å². The maximum atomic E-state index is 11.5. The maximum absolute atomic E-state index is 11.5. The fourth-order valence-corrected chi connectivity index (χ4v) is 2.14. The minimum absolute atomic E-state index is 0.141. The van der Waals surface area contributed by atoms with Crippen LogP contribution in [0.2, 0.25) is 0 Å². The Kier molecular flexibility index (Phi) is 7.61. The van der Waals surface area contributed by atoms with Gasteiger partial charge in [0.2, 0.25) is 0 Å². The summed E-state index contributed by atoms with van der Waals surface area (Å²) < 4.78 is 0. The van der Waals surface area contributed by atoms with Crippen LogP contribution in [0.25, 0.3) is 0 Å². The molecule has 2 nitrogen and oxygen atoms in total. The van der Waals surface area contributed by atoms with Crippen molar-refractivity contribution < 1.29 is 9.59 Å². The van der Waals surface area contributed by atoms with Crippen LogP contribution >= 0.6 is 0 Å². The summed E-state index contributed by atoms with van der Waals surface area (Å²) in [5.41, 5.74) is 0. The molecule has 2 heteroatoms. The van der Waals surface area contributed by atoms with Crippen molar-refractivity contribution in [3.8, 4) is 0 Å². The van der Waals surface area contributed by atoms with Crippen LogP contribution in [0.3, 0.4) is 0 Å². The lowest BCUT2D eigenvalue weighted by Crippen LogP contribution is -2.13. The third kappa shape index (κ3) is 7.09. The van der Waals surface area contributed by atoms with Crippen molar-refractivity contribution in [3.05, 3.63) is 12.2 Å². The van der Waals surface area contributed by atoms with E-state index in [9.17, 15) is 9.59 Å². The molecule has 0 aliphatic heterocycles. The molecule has 1 aliphatic carbocycles. The van der Waals surface area contributed by atoms with E-state index in [-0.39, 0.29) is 11.6 Å². The summed E-state index contributed by atoms with van der Waals surface area (Å²) in [5.74, 6) is -0.284. The molecular formula is C15H24O2. The van der Waals surface area contributed by atoms with Crippen LogP contribution in [-0.2, 0) is 9.59 Å². The minimum atomic E-state index is -0.143. The van der Waals surface area contributed by atoms with Gasteiger partial charge in [-0.15, -0.1) is 0 Å². The SMILES string of the molecule is O=C1CCCCC/C=C/CCCCCCC1=O. The number of carbonyl (C=O) groups is 2. The zero-order valence-electron chi connectivity index (χ0n) is 10.7. The zero-order valence-corrected chi connectivity index (χ0v) is 10.7. The molecular weight excluding hydrogens is 212 g/mol. The Morgan fingerprint density at radius 3 is 1.53 bits per heavy atom. The van der Waals surface area contributed by atoms with Gasteiger partial charge in [-0.25, -0.2) is 0 Å². The normalized spacial score (nSPS) is 23.8. The quantitative estimate of drug-likeness (QED) is 0.471. The molecule has 0 bridgehead atoms. The predicted octanol–water partition coefficient (Wildman–Crippen LogP) is 3.99. The van der Waals surface area contributed by atoms with Gasteiger partial charge < -0.3 is 0 Å². The molecule has 0 aromatic heterocycles. The fourth-order valence-electron chi connectivity index (χ4n) is 2.14. The average molecular weight is 236 g/mol. The summed E-state index contributed by atoms with van der Waals surface area (Å²) in [6, 6.07) is 0. The summed E-state index contributed by atoms with van der Waals surface area (Å²) in [5, 5.41) is 0. The first-order valence-electron chi connectivity index (χ1n) is 7.02. The predicted molar refractivity (Wildman–Crippen MR) is 69.9 cm³/mol. The summed E-state index contributed by atoms with van der Waals surface area (Å²) in [4.78, 5) is 23.0. The molecule has 1 rings (SSSR count). The number of ketones is 2. The molecule has 0 unspecified atom stereocenters. The number of Topliss-reactive ketones (excluding diaryl/α,β-unsaturated/α-hetero) is 2. The van der Waals surface area contributed by atoms with Gasteiger partial charge >= 0.3 is 0 Å². The third-order valence-electron chi connectivity index (χ3n) is 3.28. The van der Waals surface area contributed by atoms with Crippen molar-refractivity contribution in [2.24, 2.45) is 0 Å². The fraction of sp³-hybridized carbons (Fsp3) is 0.733. The van der Waals surface area contributed by atoms with Gasteiger partial charge in [-0.05, 0) is 38.5 Å². The van der Waals surface area contributed by atoms with E-state index in [2.05, 4.69) is 12.2 Å². The molecule has 0 atom stereocenters. The molecule has 0 radical (unpaired) electrons. The van der Waals surface area contributed by atoms with Gasteiger partial charge in [0, 0.05) is 12.8 Å². The largest absolute Gasteiger partial charge is 0.291 e. The highest BCUT2D eigenvalue weighted by atomic mass is 16.2. The van der Waals surface area contributed by atoms with E-state index >= 15 is 0 Å². The third-order valence-corrected chi connectivity index (χ3v) is 3.28. The number of rotatable bonds is 0. The van der Waals surface area contributed by atoms with Crippen molar-refractivity contribution in [2.75, 3.05) is 0 Å². The average Bonchev–Trinajstić information content (AvgIpc) is 2.34. The first-order chi connectivity index (χ1) is 8.30. The summed E-state index contributed by atoms with van der Waals surface area (Å²) in [7, 11) is 0. The molecule has 0 spiro atoms. The number of hydrogen-bond acceptors (Lipinski definition) is 2. The lowest BCUT2D eigenvalue weighted by atomic mass is 10.0. The van der Waals surface area contributed by atoms with Gasteiger partial charge in [0.15, 0.2) is 11.6 Å². The molecule has 0 amide bonds. The van der Waals surface area contributed by atoms with E-state index < -0.39 is 0 Å². The second-order valence-corrected chi connectivity index (χ2v) is 4.87. The summed E-state index contributed by atoms with van der Waals surface area (Å²) in [6.07, 6.45) is 15.1. The summed E-state index contributed by atoms with van der Waals surface area (Å²) in [6.45, 7) is 0. The van der Waals surface area contributed by atoms with Gasteiger partial charge in [0.25, 0.3) is 0 Å². The first kappa shape index (κ1) is 14.1. The highest BCUT2D eigenvalue weighted by molar-refractivity contribution is 6.37. The summed E-state index contributed by atoms with van der Waals surface area (Å²) >= 11 is 0. The van der Waals surface area contributed by atoms with E-state index in [1.165, 1.54) is 12.8 Å². The van der Waals surface area contributed by atoms with Gasteiger partial charge in [0.1, 0.15) is 0 Å². The molecule has 17 heavy (non-hydrogen) atoms. The van der Waals surface area contributed by atoms with Crippen molar-refractivity contribution in [3.63, 3.8) is 0 Å². The second kappa shape index (κ2) is 9.15. The topological polar surface area (TPSA) is 34.1 Å². The molecule has 0 fully saturated rings. The van der Waals surface area contributed by atoms with E-state index in [1.54, 1.807) is 0 Å². The molecule has 0 aromatic rings. The number of hydrogen-bond donors (Lipinski definition) is 0. The molecule has 0 saturated heterocycles. The molecule has 0 N–H and O–H groups in total. The monoisotopic (exact) mass is 236 g/mol. The van der Waals surface area contributed by atoms with Crippen molar-refractivity contribution in [1.29, 1.82) is 0 Å². The van der Waals surface area contributed by atoms with E-state index in [1.807, 2.05) is 0 Å². The lowest BCUT2D eigenvalue weighted by molar-refractivity contribution is -0.136. The van der Waals surface area contributed by atoms with Crippen LogP contribution in [0.1, 0.15) is 70.6 Å². The Labute approximate surface area is 104 Å². The van der Waals surface area contributed by atoms with Crippen molar-refractivity contribution in [2.45, 2.75) is 70.6 Å². The van der Waals surface area contributed by atoms with Gasteiger partial charge in [-0.1, -0.05) is 31.4 Å². The van der Waals surface area contributed by atoms with Crippen LogP contribution in [0.15, 0.2) is 12.2 Å². The highest BCUT2D eigenvalue weighted by Crippen LogP contribution is 2.10. The molecule has 0 heterocycles. The van der Waals surface area contributed by atoms with Crippen LogP contribution in [0, 0.1) is 0 Å². The standard InChI is InChI=1S/C15H24O2/c16-14-12-10-8-6-4-2-1-3-5-7-9-11-13-15(14)17/h1-2H,3-13H2/b2-1+. The molecule has 96 valence electrons. The van der Waals surface area contributed by atoms with Crippen LogP contribution in [-0.4, -0.2) is 11.6 Å². The van der Waals surface area contributed by atoms with Crippen LogP contribution in [0.5, 0.6) is 0 Å². The van der Waals surface area contributed by atoms with Gasteiger partial charge in [-0.3, -0.25) is 9.59 Å². The Bertz CT molecular complexity index is 266. The Morgan fingerprint density at radius 1 is 0.588 bits per heavy atom. The smallest absolute Gasteiger partial charge is 0.198 e. The molecule has 1 aliphatic rings. The molecule has 0 saturated carbocycles. The van der Waals surface area contributed by atoms with E-state index in [0.717, 1.165) is 44.9 Å². The van der Waals surface area contributed by atoms with Crippen molar-refractivity contribution in [1.82, 2.24) is 0 Å². The zero-order chi connectivity index (χ0) is 12.3. The molecule has 0 aromatic carbocycles. The Hall–Kier alpha value is -0.920. The van der Waals surface area contributed by atoms with E-state index in [4.69, 9.17) is 0 Å². The Morgan fingerprint density at radius 2 is 1.00 bits per heavy atom. The highest BCUT2D eigenvalue weighted by Gasteiger charge is 2.12. The van der Waals surface area contributed by atoms with Crippen LogP contribution < -0.4 is 0 Å². The Balaban J connectivity index is 2.32. The first-order valence-corrected chi connectivity index (χ1v) is 7.02. The minimum Gasteiger partial charge on any atom is -0.291 e.